The van der Waals surface area contributed by atoms with Crippen LogP contribution in [0.2, 0.25) is 0 Å². The summed E-state index contributed by atoms with van der Waals surface area (Å²) in [5.74, 6) is 0.236. The Balaban J connectivity index is 1.96. The Morgan fingerprint density at radius 2 is 2.16 bits per heavy atom. The topological polar surface area (TPSA) is 64.0 Å². The summed E-state index contributed by atoms with van der Waals surface area (Å²) in [6, 6.07) is 0. The van der Waals surface area contributed by atoms with Crippen LogP contribution in [0.1, 0.15) is 49.5 Å². The molecule has 0 unspecified atom stereocenters. The van der Waals surface area contributed by atoms with Crippen LogP contribution in [0.25, 0.3) is 10.2 Å². The molecule has 1 N–H and O–H groups in total. The molecule has 0 atom stereocenters. The van der Waals surface area contributed by atoms with E-state index >= 15 is 0 Å². The van der Waals surface area contributed by atoms with Crippen molar-refractivity contribution in [3.8, 4) is 0 Å². The maximum atomic E-state index is 13.2. The fourth-order valence-corrected chi connectivity index (χ4v) is 5.46. The van der Waals surface area contributed by atoms with Gasteiger partial charge in [-0.1, -0.05) is 37.9 Å². The van der Waals surface area contributed by atoms with E-state index in [1.54, 1.807) is 23.0 Å². The van der Waals surface area contributed by atoms with Crippen LogP contribution in [-0.4, -0.2) is 28.3 Å². The molecule has 0 aromatic carbocycles. The van der Waals surface area contributed by atoms with Crippen molar-refractivity contribution in [3.05, 3.63) is 20.8 Å². The van der Waals surface area contributed by atoms with Crippen molar-refractivity contribution in [1.29, 1.82) is 0 Å². The third-order valence-electron chi connectivity index (χ3n) is 4.64. The van der Waals surface area contributed by atoms with Crippen molar-refractivity contribution in [3.63, 3.8) is 0 Å². The van der Waals surface area contributed by atoms with Crippen LogP contribution in [-0.2, 0) is 24.2 Å². The molecule has 1 amide bonds. The van der Waals surface area contributed by atoms with E-state index in [2.05, 4.69) is 12.2 Å². The van der Waals surface area contributed by atoms with Crippen molar-refractivity contribution in [1.82, 2.24) is 14.9 Å². The number of hydrogen-bond acceptors (Lipinski definition) is 5. The molecule has 7 heteroatoms. The predicted octanol–water partition coefficient (Wildman–Crippen LogP) is 3.37. The van der Waals surface area contributed by atoms with Gasteiger partial charge in [0.1, 0.15) is 4.83 Å². The van der Waals surface area contributed by atoms with Gasteiger partial charge in [0.25, 0.3) is 5.56 Å². The Morgan fingerprint density at radius 3 is 2.92 bits per heavy atom. The summed E-state index contributed by atoms with van der Waals surface area (Å²) in [6.45, 7) is 2.86. The van der Waals surface area contributed by atoms with E-state index in [1.807, 2.05) is 0 Å². The van der Waals surface area contributed by atoms with E-state index in [4.69, 9.17) is 4.98 Å². The second-order valence-electron chi connectivity index (χ2n) is 6.41. The molecule has 3 rings (SSSR count). The lowest BCUT2D eigenvalue weighted by Gasteiger charge is -2.12. The molecule has 25 heavy (non-hydrogen) atoms. The Morgan fingerprint density at radius 1 is 1.32 bits per heavy atom. The Kier molecular flexibility index (Phi) is 6.17. The van der Waals surface area contributed by atoms with Gasteiger partial charge >= 0.3 is 0 Å². The summed E-state index contributed by atoms with van der Waals surface area (Å²) < 4.78 is 1.80. The summed E-state index contributed by atoms with van der Waals surface area (Å²) in [7, 11) is 1.63. The molecule has 1 aliphatic rings. The summed E-state index contributed by atoms with van der Waals surface area (Å²) in [6.07, 6.45) is 7.63. The third kappa shape index (κ3) is 3.92. The standard InChI is InChI=1S/C18H25N3O2S2/c1-3-4-5-6-10-21-17(23)15-12-8-7-9-13(12)25-16(15)20-18(21)24-11-14(22)19-2/h3-11H2,1-2H3,(H,19,22). The van der Waals surface area contributed by atoms with Gasteiger partial charge in [0.05, 0.1) is 11.1 Å². The number of unbranched alkanes of at least 4 members (excludes halogenated alkanes) is 3. The zero-order valence-electron chi connectivity index (χ0n) is 14.9. The zero-order valence-corrected chi connectivity index (χ0v) is 16.5. The van der Waals surface area contributed by atoms with Gasteiger partial charge in [0.2, 0.25) is 5.91 Å². The first-order valence-electron chi connectivity index (χ1n) is 9.04. The van der Waals surface area contributed by atoms with Crippen LogP contribution >= 0.6 is 23.1 Å². The second-order valence-corrected chi connectivity index (χ2v) is 8.44. The van der Waals surface area contributed by atoms with Gasteiger partial charge in [-0.2, -0.15) is 0 Å². The largest absolute Gasteiger partial charge is 0.358 e. The second kappa shape index (κ2) is 8.36. The number of fused-ring (bicyclic) bond motifs is 3. The fourth-order valence-electron chi connectivity index (χ4n) is 3.26. The van der Waals surface area contributed by atoms with Crippen molar-refractivity contribution in [2.75, 3.05) is 12.8 Å². The van der Waals surface area contributed by atoms with Crippen LogP contribution < -0.4 is 10.9 Å². The number of carbonyl (C=O) groups is 1. The number of amides is 1. The van der Waals surface area contributed by atoms with Gasteiger partial charge in [0.15, 0.2) is 5.16 Å². The molecule has 0 spiro atoms. The highest BCUT2D eigenvalue weighted by Crippen LogP contribution is 2.35. The van der Waals surface area contributed by atoms with Gasteiger partial charge in [-0.25, -0.2) is 4.98 Å². The number of thiophene rings is 1. The van der Waals surface area contributed by atoms with E-state index < -0.39 is 0 Å². The highest BCUT2D eigenvalue weighted by atomic mass is 32.2. The molecule has 136 valence electrons. The average molecular weight is 380 g/mol. The minimum Gasteiger partial charge on any atom is -0.358 e. The van der Waals surface area contributed by atoms with Crippen LogP contribution in [0, 0.1) is 0 Å². The SMILES string of the molecule is CCCCCCn1c(SCC(=O)NC)nc2sc3c(c2c1=O)CCC3. The quantitative estimate of drug-likeness (QED) is 0.434. The van der Waals surface area contributed by atoms with Crippen LogP contribution in [0.4, 0.5) is 0 Å². The Bertz CT molecular complexity index is 826. The molecular formula is C18H25N3O2S2. The molecule has 0 bridgehead atoms. The maximum Gasteiger partial charge on any atom is 0.263 e. The lowest BCUT2D eigenvalue weighted by Crippen LogP contribution is -2.25. The van der Waals surface area contributed by atoms with Crippen LogP contribution in [0.15, 0.2) is 9.95 Å². The molecule has 2 aromatic rings. The summed E-state index contributed by atoms with van der Waals surface area (Å²) in [5.41, 5.74) is 1.31. The molecular weight excluding hydrogens is 354 g/mol. The average Bonchev–Trinajstić information content (AvgIpc) is 3.18. The minimum absolute atomic E-state index is 0.0504. The molecule has 0 fully saturated rings. The normalized spacial score (nSPS) is 13.4. The zero-order chi connectivity index (χ0) is 17.8. The number of aromatic nitrogens is 2. The van der Waals surface area contributed by atoms with Gasteiger partial charge < -0.3 is 5.32 Å². The molecule has 2 heterocycles. The number of aryl methyl sites for hydroxylation is 2. The number of rotatable bonds is 8. The number of thioether (sulfide) groups is 1. The third-order valence-corrected chi connectivity index (χ3v) is 6.80. The van der Waals surface area contributed by atoms with Gasteiger partial charge in [-0.3, -0.25) is 14.2 Å². The predicted molar refractivity (Wildman–Crippen MR) is 105 cm³/mol. The number of carbonyl (C=O) groups excluding carboxylic acids is 1. The summed E-state index contributed by atoms with van der Waals surface area (Å²) in [4.78, 5) is 31.7. The van der Waals surface area contributed by atoms with E-state index in [9.17, 15) is 9.59 Å². The lowest BCUT2D eigenvalue weighted by molar-refractivity contribution is -0.118. The van der Waals surface area contributed by atoms with Crippen molar-refractivity contribution < 1.29 is 4.79 Å². The molecule has 2 aromatic heterocycles. The van der Waals surface area contributed by atoms with Gasteiger partial charge in [0, 0.05) is 18.5 Å². The molecule has 0 saturated heterocycles. The molecule has 0 saturated carbocycles. The van der Waals surface area contributed by atoms with Crippen molar-refractivity contribution in [2.24, 2.45) is 0 Å². The monoisotopic (exact) mass is 379 g/mol. The summed E-state index contributed by atoms with van der Waals surface area (Å²) in [5, 5.41) is 4.13. The molecule has 5 nitrogen and oxygen atoms in total. The molecule has 0 radical (unpaired) electrons. The molecule has 1 aliphatic carbocycles. The lowest BCUT2D eigenvalue weighted by atomic mass is 10.2. The van der Waals surface area contributed by atoms with Crippen molar-refractivity contribution >= 4 is 39.2 Å². The summed E-state index contributed by atoms with van der Waals surface area (Å²) >= 11 is 3.02. The van der Waals surface area contributed by atoms with E-state index in [1.165, 1.54) is 35.0 Å². The first kappa shape index (κ1) is 18.5. The first-order valence-corrected chi connectivity index (χ1v) is 10.8. The fraction of sp³-hybridized carbons (Fsp3) is 0.611. The number of nitrogens with one attached hydrogen (secondary N) is 1. The van der Waals surface area contributed by atoms with Crippen LogP contribution in [0.5, 0.6) is 0 Å². The van der Waals surface area contributed by atoms with Gasteiger partial charge in [-0.15, -0.1) is 11.3 Å². The Labute approximate surface area is 156 Å². The Hall–Kier alpha value is -1.34. The van der Waals surface area contributed by atoms with E-state index in [-0.39, 0.29) is 17.2 Å². The maximum absolute atomic E-state index is 13.2. The highest BCUT2D eigenvalue weighted by Gasteiger charge is 2.23. The smallest absolute Gasteiger partial charge is 0.263 e. The van der Waals surface area contributed by atoms with Gasteiger partial charge in [-0.05, 0) is 31.2 Å². The van der Waals surface area contributed by atoms with E-state index in [0.29, 0.717) is 11.7 Å². The highest BCUT2D eigenvalue weighted by molar-refractivity contribution is 7.99. The molecule has 0 aliphatic heterocycles. The first-order chi connectivity index (χ1) is 12.2. The number of nitrogens with zero attached hydrogens (tertiary/aromatic N) is 2. The van der Waals surface area contributed by atoms with Crippen molar-refractivity contribution in [2.45, 2.75) is 63.6 Å². The van der Waals surface area contributed by atoms with E-state index in [0.717, 1.165) is 42.3 Å². The van der Waals surface area contributed by atoms with Crippen LogP contribution in [0.3, 0.4) is 0 Å². The minimum atomic E-state index is -0.0504. The number of hydrogen-bond donors (Lipinski definition) is 1.